The van der Waals surface area contributed by atoms with Crippen molar-refractivity contribution in [2.24, 2.45) is 0 Å². The van der Waals surface area contributed by atoms with E-state index in [-0.39, 0.29) is 5.78 Å². The van der Waals surface area contributed by atoms with Crippen LogP contribution in [-0.4, -0.2) is 5.78 Å². The minimum atomic E-state index is -0.414. The summed E-state index contributed by atoms with van der Waals surface area (Å²) >= 11 is 0. The summed E-state index contributed by atoms with van der Waals surface area (Å²) in [5.41, 5.74) is 7.73. The maximum absolute atomic E-state index is 13.1. The third-order valence-electron chi connectivity index (χ3n) is 2.59. The lowest BCUT2D eigenvalue weighted by molar-refractivity contribution is 0.103. The molecule has 0 unspecified atom stereocenters. The number of hydrogen-bond acceptors (Lipinski definition) is 2. The molecule has 0 bridgehead atoms. The number of carbonyl (C=O) groups excluding carboxylic acids is 1. The van der Waals surface area contributed by atoms with Gasteiger partial charge in [0.15, 0.2) is 5.78 Å². The summed E-state index contributed by atoms with van der Waals surface area (Å²) in [5.74, 6) is -0.628. The topological polar surface area (TPSA) is 43.1 Å². The standard InChI is InChI=1S/C14H12FNO/c1-9-5-6-11(15)8-13(9)14(17)10-3-2-4-12(16)7-10/h2-8H,16H2,1H3. The molecule has 0 spiro atoms. The summed E-state index contributed by atoms with van der Waals surface area (Å²) < 4.78 is 13.1. The van der Waals surface area contributed by atoms with Crippen molar-refractivity contribution >= 4 is 11.5 Å². The van der Waals surface area contributed by atoms with Crippen LogP contribution in [0.1, 0.15) is 21.5 Å². The second kappa shape index (κ2) is 4.37. The van der Waals surface area contributed by atoms with Crippen LogP contribution in [0.4, 0.5) is 10.1 Å². The van der Waals surface area contributed by atoms with Gasteiger partial charge in [0.25, 0.3) is 0 Å². The number of aryl methyl sites for hydroxylation is 1. The zero-order valence-electron chi connectivity index (χ0n) is 9.41. The lowest BCUT2D eigenvalue weighted by Crippen LogP contribution is -2.04. The molecule has 3 heteroatoms. The summed E-state index contributed by atoms with van der Waals surface area (Å²) in [6, 6.07) is 10.9. The number of halogens is 1. The number of nitrogens with two attached hydrogens (primary N) is 1. The third-order valence-corrected chi connectivity index (χ3v) is 2.59. The Morgan fingerprint density at radius 1 is 1.18 bits per heavy atom. The number of carbonyl (C=O) groups is 1. The Kier molecular flexibility index (Phi) is 2.91. The first-order valence-electron chi connectivity index (χ1n) is 5.24. The average molecular weight is 229 g/mol. The number of hydrogen-bond donors (Lipinski definition) is 1. The number of anilines is 1. The molecule has 86 valence electrons. The van der Waals surface area contributed by atoms with Crippen LogP contribution in [0.3, 0.4) is 0 Å². The minimum Gasteiger partial charge on any atom is -0.399 e. The van der Waals surface area contributed by atoms with E-state index >= 15 is 0 Å². The largest absolute Gasteiger partial charge is 0.399 e. The maximum atomic E-state index is 13.1. The van der Waals surface area contributed by atoms with Crippen molar-refractivity contribution in [1.82, 2.24) is 0 Å². The van der Waals surface area contributed by atoms with Crippen molar-refractivity contribution in [2.75, 3.05) is 5.73 Å². The van der Waals surface area contributed by atoms with Gasteiger partial charge in [0.2, 0.25) is 0 Å². The van der Waals surface area contributed by atoms with Gasteiger partial charge in [-0.2, -0.15) is 0 Å². The predicted molar refractivity (Wildman–Crippen MR) is 65.4 cm³/mol. The first-order valence-corrected chi connectivity index (χ1v) is 5.24. The fourth-order valence-electron chi connectivity index (χ4n) is 1.67. The van der Waals surface area contributed by atoms with Crippen molar-refractivity contribution < 1.29 is 9.18 Å². The molecule has 2 rings (SSSR count). The number of rotatable bonds is 2. The summed E-state index contributed by atoms with van der Waals surface area (Å²) in [5, 5.41) is 0. The van der Waals surface area contributed by atoms with Gasteiger partial charge >= 0.3 is 0 Å². The van der Waals surface area contributed by atoms with E-state index in [2.05, 4.69) is 0 Å². The average Bonchev–Trinajstić information content (AvgIpc) is 2.31. The highest BCUT2D eigenvalue weighted by Gasteiger charge is 2.12. The molecular formula is C14H12FNO. The molecule has 0 fully saturated rings. The van der Waals surface area contributed by atoms with E-state index in [0.717, 1.165) is 5.56 Å². The molecule has 0 saturated heterocycles. The Labute approximate surface area is 98.9 Å². The smallest absolute Gasteiger partial charge is 0.193 e. The summed E-state index contributed by atoms with van der Waals surface area (Å²) in [4.78, 5) is 12.1. The van der Waals surface area contributed by atoms with E-state index in [4.69, 9.17) is 5.73 Å². The van der Waals surface area contributed by atoms with Crippen molar-refractivity contribution in [3.05, 3.63) is 65.0 Å². The van der Waals surface area contributed by atoms with Crippen LogP contribution in [0.2, 0.25) is 0 Å². The second-order valence-corrected chi connectivity index (χ2v) is 3.91. The monoisotopic (exact) mass is 229 g/mol. The number of benzene rings is 2. The van der Waals surface area contributed by atoms with E-state index in [0.29, 0.717) is 16.8 Å². The van der Waals surface area contributed by atoms with Crippen LogP contribution in [0.5, 0.6) is 0 Å². The minimum absolute atomic E-state index is 0.214. The lowest BCUT2D eigenvalue weighted by atomic mass is 9.99. The normalized spacial score (nSPS) is 10.2. The molecule has 0 atom stereocenters. The van der Waals surface area contributed by atoms with E-state index < -0.39 is 5.82 Å². The van der Waals surface area contributed by atoms with Crippen molar-refractivity contribution in [2.45, 2.75) is 6.92 Å². The van der Waals surface area contributed by atoms with Crippen molar-refractivity contribution in [3.63, 3.8) is 0 Å². The van der Waals surface area contributed by atoms with E-state index in [1.54, 1.807) is 37.3 Å². The van der Waals surface area contributed by atoms with Gasteiger partial charge in [0, 0.05) is 16.8 Å². The Hall–Kier alpha value is -2.16. The van der Waals surface area contributed by atoms with Crippen LogP contribution in [0.15, 0.2) is 42.5 Å². The predicted octanol–water partition coefficient (Wildman–Crippen LogP) is 2.95. The van der Waals surface area contributed by atoms with E-state index in [1.807, 2.05) is 0 Å². The van der Waals surface area contributed by atoms with Gasteiger partial charge in [-0.15, -0.1) is 0 Å². The highest BCUT2D eigenvalue weighted by Crippen LogP contribution is 2.17. The quantitative estimate of drug-likeness (QED) is 0.635. The fraction of sp³-hybridized carbons (Fsp3) is 0.0714. The van der Waals surface area contributed by atoms with Gasteiger partial charge in [-0.25, -0.2) is 4.39 Å². The molecule has 0 heterocycles. The van der Waals surface area contributed by atoms with E-state index in [1.165, 1.54) is 12.1 Å². The molecule has 2 N–H and O–H groups in total. The molecule has 2 aromatic carbocycles. The van der Waals surface area contributed by atoms with Crippen LogP contribution < -0.4 is 5.73 Å². The van der Waals surface area contributed by atoms with Gasteiger partial charge in [0.05, 0.1) is 0 Å². The van der Waals surface area contributed by atoms with Crippen LogP contribution in [-0.2, 0) is 0 Å². The van der Waals surface area contributed by atoms with Gasteiger partial charge in [0.1, 0.15) is 5.82 Å². The molecule has 0 aromatic heterocycles. The molecule has 2 nitrogen and oxygen atoms in total. The summed E-state index contributed by atoms with van der Waals surface area (Å²) in [6.45, 7) is 1.78. The molecule has 0 amide bonds. The first kappa shape index (κ1) is 11.3. The summed E-state index contributed by atoms with van der Waals surface area (Å²) in [7, 11) is 0. The molecule has 0 aliphatic heterocycles. The van der Waals surface area contributed by atoms with Gasteiger partial charge < -0.3 is 5.73 Å². The zero-order valence-corrected chi connectivity index (χ0v) is 9.41. The van der Waals surface area contributed by atoms with Crippen LogP contribution in [0.25, 0.3) is 0 Å². The van der Waals surface area contributed by atoms with Crippen molar-refractivity contribution in [1.29, 1.82) is 0 Å². The molecule has 0 radical (unpaired) electrons. The Morgan fingerprint density at radius 3 is 2.65 bits per heavy atom. The van der Waals surface area contributed by atoms with Crippen LogP contribution >= 0.6 is 0 Å². The Bertz CT molecular complexity index is 578. The number of ketones is 1. The lowest BCUT2D eigenvalue weighted by Gasteiger charge is -2.05. The number of nitrogen functional groups attached to an aromatic ring is 1. The van der Waals surface area contributed by atoms with Gasteiger partial charge in [-0.05, 0) is 36.8 Å². The summed E-state index contributed by atoms with van der Waals surface area (Å²) in [6.07, 6.45) is 0. The molecular weight excluding hydrogens is 217 g/mol. The van der Waals surface area contributed by atoms with Gasteiger partial charge in [-0.3, -0.25) is 4.79 Å². The second-order valence-electron chi connectivity index (χ2n) is 3.91. The zero-order chi connectivity index (χ0) is 12.4. The highest BCUT2D eigenvalue weighted by atomic mass is 19.1. The molecule has 0 saturated carbocycles. The van der Waals surface area contributed by atoms with Gasteiger partial charge in [-0.1, -0.05) is 18.2 Å². The Morgan fingerprint density at radius 2 is 1.94 bits per heavy atom. The molecule has 17 heavy (non-hydrogen) atoms. The van der Waals surface area contributed by atoms with E-state index in [9.17, 15) is 9.18 Å². The fourth-order valence-corrected chi connectivity index (χ4v) is 1.67. The SMILES string of the molecule is Cc1ccc(F)cc1C(=O)c1cccc(N)c1. The Balaban J connectivity index is 2.47. The first-order chi connectivity index (χ1) is 8.08. The highest BCUT2D eigenvalue weighted by molar-refractivity contribution is 6.10. The molecule has 0 aliphatic rings. The molecule has 0 aliphatic carbocycles. The van der Waals surface area contributed by atoms with Crippen LogP contribution in [0, 0.1) is 12.7 Å². The molecule has 2 aromatic rings. The van der Waals surface area contributed by atoms with Crippen molar-refractivity contribution in [3.8, 4) is 0 Å². The maximum Gasteiger partial charge on any atom is 0.193 e. The third kappa shape index (κ3) is 2.33.